The molecule has 1 N–H and O–H groups in total. The molecule has 0 radical (unpaired) electrons. The van der Waals surface area contributed by atoms with E-state index in [4.69, 9.17) is 16.3 Å². The van der Waals surface area contributed by atoms with Crippen molar-refractivity contribution >= 4 is 11.6 Å². The summed E-state index contributed by atoms with van der Waals surface area (Å²) in [5.41, 5.74) is -0.190. The highest BCUT2D eigenvalue weighted by Gasteiger charge is 2.35. The van der Waals surface area contributed by atoms with Crippen LogP contribution >= 0.6 is 11.6 Å². The molecule has 1 heterocycles. The Morgan fingerprint density at radius 2 is 2.12 bits per heavy atom. The highest BCUT2D eigenvalue weighted by molar-refractivity contribution is 6.31. The van der Waals surface area contributed by atoms with E-state index in [-0.39, 0.29) is 16.8 Å². The molecule has 1 aromatic carbocycles. The maximum Gasteiger partial charge on any atom is 0.416 e. The lowest BCUT2D eigenvalue weighted by atomic mass is 10.1. The van der Waals surface area contributed by atoms with E-state index in [1.54, 1.807) is 7.05 Å². The molecule has 1 aliphatic rings. The predicted octanol–water partition coefficient (Wildman–Crippen LogP) is 3.01. The van der Waals surface area contributed by atoms with Crippen molar-refractivity contribution in [1.29, 1.82) is 0 Å². The van der Waals surface area contributed by atoms with Gasteiger partial charge in [0.2, 0.25) is 0 Å². The average molecular weight is 252 g/mol. The first-order valence-corrected chi connectivity index (χ1v) is 5.02. The highest BCUT2D eigenvalue weighted by atomic mass is 35.5. The maximum absolute atomic E-state index is 12.5. The zero-order chi connectivity index (χ0) is 11.9. The number of benzene rings is 1. The van der Waals surface area contributed by atoms with Crippen LogP contribution in [0.2, 0.25) is 5.02 Å². The molecule has 0 spiro atoms. The normalized spacial score (nSPS) is 19.4. The number of halogens is 4. The molecule has 0 bridgehead atoms. The van der Waals surface area contributed by atoms with Crippen molar-refractivity contribution in [3.8, 4) is 5.75 Å². The number of hydrogen-bond acceptors (Lipinski definition) is 2. The second kappa shape index (κ2) is 3.82. The first-order valence-electron chi connectivity index (χ1n) is 4.64. The summed E-state index contributed by atoms with van der Waals surface area (Å²) in [7, 11) is 1.71. The smallest absolute Gasteiger partial charge is 0.416 e. The average Bonchev–Trinajstić information content (AvgIpc) is 2.59. The van der Waals surface area contributed by atoms with Gasteiger partial charge in [0.25, 0.3) is 0 Å². The molecule has 2 rings (SSSR count). The van der Waals surface area contributed by atoms with Gasteiger partial charge in [-0.3, -0.25) is 0 Å². The Bertz CT molecular complexity index is 419. The van der Waals surface area contributed by atoms with Crippen molar-refractivity contribution in [1.82, 2.24) is 5.32 Å². The zero-order valence-electron chi connectivity index (χ0n) is 8.36. The molecule has 1 atom stereocenters. The summed E-state index contributed by atoms with van der Waals surface area (Å²) < 4.78 is 42.6. The summed E-state index contributed by atoms with van der Waals surface area (Å²) in [6.07, 6.45) is -4.40. The number of nitrogens with one attached hydrogen (secondary N) is 1. The molecule has 0 aliphatic carbocycles. The van der Waals surface area contributed by atoms with Crippen molar-refractivity contribution in [3.05, 3.63) is 28.3 Å². The Labute approximate surface area is 95.3 Å². The van der Waals surface area contributed by atoms with Crippen molar-refractivity contribution in [2.45, 2.75) is 12.2 Å². The van der Waals surface area contributed by atoms with Crippen LogP contribution in [0.25, 0.3) is 0 Å². The van der Waals surface area contributed by atoms with Gasteiger partial charge in [-0.25, -0.2) is 0 Å². The number of hydrogen-bond donors (Lipinski definition) is 1. The maximum atomic E-state index is 12.5. The monoisotopic (exact) mass is 251 g/mol. The Balaban J connectivity index is 2.50. The third-order valence-corrected chi connectivity index (χ3v) is 2.83. The van der Waals surface area contributed by atoms with Crippen LogP contribution < -0.4 is 10.1 Å². The highest BCUT2D eigenvalue weighted by Crippen LogP contribution is 2.42. The van der Waals surface area contributed by atoms with Crippen LogP contribution in [0.5, 0.6) is 5.75 Å². The largest absolute Gasteiger partial charge is 0.491 e. The molecule has 0 fully saturated rings. The van der Waals surface area contributed by atoms with E-state index < -0.39 is 11.7 Å². The molecule has 2 nitrogen and oxygen atoms in total. The minimum Gasteiger partial charge on any atom is -0.491 e. The second-order valence-electron chi connectivity index (χ2n) is 3.52. The van der Waals surface area contributed by atoms with Crippen molar-refractivity contribution in [3.63, 3.8) is 0 Å². The van der Waals surface area contributed by atoms with E-state index in [0.29, 0.717) is 12.2 Å². The van der Waals surface area contributed by atoms with Crippen molar-refractivity contribution < 1.29 is 17.9 Å². The van der Waals surface area contributed by atoms with Gasteiger partial charge in [0.05, 0.1) is 11.6 Å². The molecule has 0 aromatic heterocycles. The molecule has 0 amide bonds. The minimum atomic E-state index is -4.40. The summed E-state index contributed by atoms with van der Waals surface area (Å²) in [6.45, 7) is 0.298. The van der Waals surface area contributed by atoms with Crippen LogP contribution in [0.3, 0.4) is 0 Å². The van der Waals surface area contributed by atoms with Gasteiger partial charge in [0.15, 0.2) is 0 Å². The predicted molar refractivity (Wildman–Crippen MR) is 53.7 cm³/mol. The van der Waals surface area contributed by atoms with Gasteiger partial charge >= 0.3 is 6.18 Å². The number of rotatable bonds is 1. The molecular weight excluding hydrogens is 243 g/mol. The van der Waals surface area contributed by atoms with Gasteiger partial charge < -0.3 is 10.1 Å². The molecular formula is C10H9ClF3NO. The molecule has 16 heavy (non-hydrogen) atoms. The van der Waals surface area contributed by atoms with E-state index >= 15 is 0 Å². The fourth-order valence-electron chi connectivity index (χ4n) is 1.70. The number of alkyl halides is 3. The van der Waals surface area contributed by atoms with E-state index in [1.807, 2.05) is 0 Å². The molecule has 0 saturated carbocycles. The summed E-state index contributed by atoms with van der Waals surface area (Å²) in [5.74, 6) is 0.208. The summed E-state index contributed by atoms with van der Waals surface area (Å²) >= 11 is 5.83. The fourth-order valence-corrected chi connectivity index (χ4v) is 2.04. The van der Waals surface area contributed by atoms with Crippen LogP contribution in [0.4, 0.5) is 13.2 Å². The van der Waals surface area contributed by atoms with Crippen LogP contribution in [-0.4, -0.2) is 13.7 Å². The topological polar surface area (TPSA) is 21.3 Å². The second-order valence-corrected chi connectivity index (χ2v) is 3.93. The van der Waals surface area contributed by atoms with Crippen LogP contribution in [0, 0.1) is 0 Å². The van der Waals surface area contributed by atoms with Crippen molar-refractivity contribution in [2.24, 2.45) is 0 Å². The quantitative estimate of drug-likeness (QED) is 0.828. The van der Waals surface area contributed by atoms with E-state index in [2.05, 4.69) is 5.32 Å². The van der Waals surface area contributed by atoms with Crippen LogP contribution in [0.1, 0.15) is 17.2 Å². The Hall–Kier alpha value is -0.940. The van der Waals surface area contributed by atoms with Crippen molar-refractivity contribution in [2.75, 3.05) is 13.7 Å². The molecule has 0 unspecified atom stereocenters. The molecule has 1 aromatic rings. The number of ether oxygens (including phenoxy) is 1. The summed E-state index contributed by atoms with van der Waals surface area (Å²) in [4.78, 5) is 0. The van der Waals surface area contributed by atoms with Crippen LogP contribution in [-0.2, 0) is 6.18 Å². The Morgan fingerprint density at radius 1 is 1.44 bits per heavy atom. The Morgan fingerprint density at radius 3 is 2.69 bits per heavy atom. The first kappa shape index (κ1) is 11.5. The van der Waals surface area contributed by atoms with E-state index in [9.17, 15) is 13.2 Å². The van der Waals surface area contributed by atoms with E-state index in [0.717, 1.165) is 12.1 Å². The molecule has 88 valence electrons. The summed E-state index contributed by atoms with van der Waals surface area (Å²) in [5, 5.41) is 3.01. The molecule has 1 aliphatic heterocycles. The SMILES string of the molecule is CN[C@H]1COc2cc(C(F)(F)F)cc(Cl)c21. The zero-order valence-corrected chi connectivity index (χ0v) is 9.12. The molecule has 0 saturated heterocycles. The lowest BCUT2D eigenvalue weighted by Crippen LogP contribution is -2.17. The Kier molecular flexibility index (Phi) is 2.75. The van der Waals surface area contributed by atoms with E-state index in [1.165, 1.54) is 0 Å². The van der Waals surface area contributed by atoms with Gasteiger partial charge in [0, 0.05) is 10.6 Å². The van der Waals surface area contributed by atoms with Gasteiger partial charge in [-0.15, -0.1) is 0 Å². The van der Waals surface area contributed by atoms with Gasteiger partial charge in [-0.2, -0.15) is 13.2 Å². The van der Waals surface area contributed by atoms with Gasteiger partial charge in [0.1, 0.15) is 12.4 Å². The molecule has 6 heteroatoms. The lowest BCUT2D eigenvalue weighted by Gasteiger charge is -2.11. The third kappa shape index (κ3) is 1.85. The van der Waals surface area contributed by atoms with Gasteiger partial charge in [-0.05, 0) is 19.2 Å². The first-order chi connectivity index (χ1) is 7.43. The fraction of sp³-hybridized carbons (Fsp3) is 0.400. The third-order valence-electron chi connectivity index (χ3n) is 2.52. The minimum absolute atomic E-state index is 0.0849. The van der Waals surface area contributed by atoms with Gasteiger partial charge in [-0.1, -0.05) is 11.6 Å². The summed E-state index contributed by atoms with van der Waals surface area (Å²) in [6, 6.07) is 1.77. The standard InChI is InChI=1S/C10H9ClF3NO/c1-15-7-4-16-8-3-5(10(12,13)14)2-6(11)9(7)8/h2-3,7,15H,4H2,1H3/t7-/m0/s1. The van der Waals surface area contributed by atoms with Crippen LogP contribution in [0.15, 0.2) is 12.1 Å². The number of likely N-dealkylation sites (N-methyl/N-ethyl adjacent to an activating group) is 1. The number of fused-ring (bicyclic) bond motifs is 1. The lowest BCUT2D eigenvalue weighted by molar-refractivity contribution is -0.137.